The maximum Gasteiger partial charge on any atom is 0.0934 e. The summed E-state index contributed by atoms with van der Waals surface area (Å²) in [5.41, 5.74) is 12.2. The van der Waals surface area contributed by atoms with E-state index < -0.39 is 0 Å². The summed E-state index contributed by atoms with van der Waals surface area (Å²) in [6, 6.07) is 58.3. The summed E-state index contributed by atoms with van der Waals surface area (Å²) in [5, 5.41) is 11.2. The van der Waals surface area contributed by atoms with E-state index in [4.69, 9.17) is 43.5 Å². The van der Waals surface area contributed by atoms with E-state index >= 15 is 0 Å². The number of benzene rings is 8. The van der Waals surface area contributed by atoms with Gasteiger partial charge in [-0.25, -0.2) is 9.97 Å². The smallest absolute Gasteiger partial charge is 0.0934 e. The Bertz CT molecular complexity index is 5000. The molecule has 0 aliphatic carbocycles. The first-order valence-electron chi connectivity index (χ1n) is 26.4. The van der Waals surface area contributed by atoms with Crippen LogP contribution in [0.5, 0.6) is 0 Å². The predicted octanol–water partition coefficient (Wildman–Crippen LogP) is 14.9. The zero-order valence-corrected chi connectivity index (χ0v) is 44.4. The Kier molecular flexibility index (Phi) is 10.9. The van der Waals surface area contributed by atoms with Gasteiger partial charge in [0, 0.05) is 139 Å². The average Bonchev–Trinajstić information content (AvgIpc) is 3.47. The fraction of sp³-hybridized carbons (Fsp3) is 0. The van der Waals surface area contributed by atoms with Crippen LogP contribution in [0.4, 0.5) is 0 Å². The van der Waals surface area contributed by atoms with Crippen LogP contribution >= 0.6 is 0 Å². The normalized spacial score (nSPS) is 11.8. The molecule has 379 valence electrons. The second-order valence-electron chi connectivity index (χ2n) is 20.0. The molecule has 9 heterocycles. The fourth-order valence-electron chi connectivity index (χ4n) is 12.2. The van der Waals surface area contributed by atoms with Crippen LogP contribution in [0.15, 0.2) is 219 Å². The van der Waals surface area contributed by atoms with Gasteiger partial charge in [-0.2, -0.15) is 0 Å². The molecule has 0 amide bonds. The molecular weight excluding hydrogens is 1050 g/mol. The first-order chi connectivity index (χ1) is 40.7. The van der Waals surface area contributed by atoms with Gasteiger partial charge < -0.3 is 29.9 Å². The molecule has 82 heavy (non-hydrogen) atoms. The van der Waals surface area contributed by atoms with Crippen LogP contribution in [0.3, 0.4) is 0 Å². The van der Waals surface area contributed by atoms with Gasteiger partial charge in [-0.3, -0.25) is 19.9 Å². The van der Waals surface area contributed by atoms with Crippen molar-refractivity contribution in [2.24, 2.45) is 0 Å². The van der Waals surface area contributed by atoms with E-state index in [1.165, 1.54) is 0 Å². The maximum absolute atomic E-state index is 8.19. The quantitative estimate of drug-likeness (QED) is 0.163. The standard InChI is InChI=1S/C68H36N12.O.V/c1-5-21-45-37(13-1)29-49-57(53(45)41-17-9-25-69-33-41)65-73-61(49)77-66-58-50(30-38-14-2-6-22-46(38)54(58)42-18-10-26-70-34-42)63(74-66)79-68-60-52(32-40-16-4-8-24-48(40)56(60)44-20-12-28-72-36-44)64(76-68)80-67-59-51(62(75-67)78-65)31-39-15-3-7-23-47(39)55(59)43-19-11-27-71-35-43;;/h1-36H;;/q-2;;+2. The third-order valence-corrected chi connectivity index (χ3v) is 15.6. The van der Waals surface area contributed by atoms with Crippen LogP contribution in [-0.4, -0.2) is 49.8 Å². The van der Waals surface area contributed by atoms with Gasteiger partial charge in [0.25, 0.3) is 0 Å². The van der Waals surface area contributed by atoms with E-state index in [1.807, 2.05) is 49.1 Å². The number of rotatable bonds is 4. The van der Waals surface area contributed by atoms with Crippen LogP contribution in [0.25, 0.3) is 177 Å². The Morgan fingerprint density at radius 2 is 0.598 bits per heavy atom. The van der Waals surface area contributed by atoms with Crippen molar-refractivity contribution in [3.63, 3.8) is 0 Å². The van der Waals surface area contributed by atoms with Crippen LogP contribution in [-0.2, 0) is 21.0 Å². The van der Waals surface area contributed by atoms with Crippen molar-refractivity contribution in [1.29, 1.82) is 0 Å². The zero-order valence-electron chi connectivity index (χ0n) is 43.0. The van der Waals surface area contributed by atoms with E-state index in [9.17, 15) is 0 Å². The van der Waals surface area contributed by atoms with Crippen LogP contribution < -0.4 is 9.97 Å². The summed E-state index contributed by atoms with van der Waals surface area (Å²) >= 11 is 1.06. The average molecular weight is 1090 g/mol. The summed E-state index contributed by atoms with van der Waals surface area (Å²) in [6.07, 6.45) is 14.7. The number of hydrogen-bond acceptors (Lipinski definition) is 11. The Morgan fingerprint density at radius 3 is 0.951 bits per heavy atom. The van der Waals surface area contributed by atoms with Gasteiger partial charge in [0.05, 0.1) is 23.3 Å². The molecule has 0 unspecified atom stereocenters. The first-order valence-corrected chi connectivity index (χ1v) is 27.0. The van der Waals surface area contributed by atoms with Crippen molar-refractivity contribution in [3.8, 4) is 90.1 Å². The number of fused-ring (bicyclic) bond motifs is 24. The summed E-state index contributed by atoms with van der Waals surface area (Å²) in [5.74, 6) is 1.74. The number of aromatic nitrogens is 12. The summed E-state index contributed by atoms with van der Waals surface area (Å²) in [7, 11) is 0. The van der Waals surface area contributed by atoms with Gasteiger partial charge in [-0.05, 0) is 114 Å². The molecule has 8 aromatic carbocycles. The zero-order chi connectivity index (χ0) is 54.4. The van der Waals surface area contributed by atoms with Gasteiger partial charge >= 0.3 is 21.0 Å². The molecule has 0 radical (unpaired) electrons. The fourth-order valence-corrected chi connectivity index (χ4v) is 12.2. The molecule has 15 aromatic rings. The third kappa shape index (κ3) is 7.34. The molecule has 7 aromatic heterocycles. The molecule has 0 fully saturated rings. The molecule has 0 saturated carbocycles. The summed E-state index contributed by atoms with van der Waals surface area (Å²) in [6.45, 7) is 0. The van der Waals surface area contributed by atoms with Gasteiger partial charge in [-0.1, -0.05) is 121 Å². The second-order valence-corrected chi connectivity index (χ2v) is 20.0. The van der Waals surface area contributed by atoms with E-state index in [0.29, 0.717) is 45.9 Å². The molecule has 14 heteroatoms. The molecule has 17 rings (SSSR count). The topological polar surface area (TPSA) is 174 Å². The van der Waals surface area contributed by atoms with Crippen molar-refractivity contribution >= 4 is 87.2 Å². The van der Waals surface area contributed by atoms with Gasteiger partial charge in [-0.15, -0.1) is 0 Å². The SMILES string of the molecule is [O]=[V+2].c1cncc(-c2c3c(cc4ccccc24)-c2nc-3nc3[n-]c(nc4nc(nc5[n-]c(n2)c2c(-c6cccnc6)c6ccccc6cc52)-c2c-4cc4ccccc4c2-c2cccnc2)c2c(-c4cccnc4)c4ccccc4cc32)c1. The molecule has 0 saturated heterocycles. The van der Waals surface area contributed by atoms with Crippen molar-refractivity contribution in [2.45, 2.75) is 0 Å². The first kappa shape index (κ1) is 47.2. The Balaban J connectivity index is 0.00000274. The second kappa shape index (κ2) is 18.9. The van der Waals surface area contributed by atoms with Gasteiger partial charge in [0.15, 0.2) is 0 Å². The van der Waals surface area contributed by atoms with E-state index in [1.54, 1.807) is 24.8 Å². The number of pyridine rings is 4. The van der Waals surface area contributed by atoms with Gasteiger partial charge in [0.2, 0.25) is 0 Å². The number of hydrogen-bond donors (Lipinski definition) is 0. The molecule has 2 aliphatic rings. The van der Waals surface area contributed by atoms with Crippen LogP contribution in [0, 0.1) is 0 Å². The largest absolute Gasteiger partial charge is 0.357 e. The van der Waals surface area contributed by atoms with Crippen molar-refractivity contribution < 1.29 is 21.0 Å². The van der Waals surface area contributed by atoms with Crippen molar-refractivity contribution in [1.82, 2.24) is 59.8 Å². The van der Waals surface area contributed by atoms with E-state index in [-0.39, 0.29) is 0 Å². The van der Waals surface area contributed by atoms with Crippen molar-refractivity contribution in [2.75, 3.05) is 0 Å². The van der Waals surface area contributed by atoms with Gasteiger partial charge in [0.1, 0.15) is 0 Å². The predicted molar refractivity (Wildman–Crippen MR) is 318 cm³/mol. The molecule has 0 N–H and O–H groups in total. The Hall–Kier alpha value is -10.9. The molecule has 0 spiro atoms. The maximum atomic E-state index is 8.19. The van der Waals surface area contributed by atoms with Crippen LogP contribution in [0.2, 0.25) is 0 Å². The molecule has 8 bridgehead atoms. The summed E-state index contributed by atoms with van der Waals surface area (Å²) in [4.78, 5) is 63.1. The number of nitrogens with zero attached hydrogens (tertiary/aromatic N) is 12. The molecular formula is C68H36N12OV. The third-order valence-electron chi connectivity index (χ3n) is 15.6. The molecule has 13 nitrogen and oxygen atoms in total. The Labute approximate surface area is 474 Å². The van der Waals surface area contributed by atoms with Crippen molar-refractivity contribution in [3.05, 3.63) is 219 Å². The van der Waals surface area contributed by atoms with E-state index in [2.05, 4.69) is 166 Å². The van der Waals surface area contributed by atoms with Crippen LogP contribution in [0.1, 0.15) is 0 Å². The minimum Gasteiger partial charge on any atom is -0.357 e. The Morgan fingerprint density at radius 1 is 0.280 bits per heavy atom. The monoisotopic (exact) mass is 1090 g/mol. The minimum atomic E-state index is 0.433. The summed E-state index contributed by atoms with van der Waals surface area (Å²) < 4.78 is 8.19. The molecule has 2 aliphatic heterocycles. The van der Waals surface area contributed by atoms with E-state index in [0.717, 1.165) is 149 Å². The molecule has 0 atom stereocenters. The minimum absolute atomic E-state index is 0.433.